The second-order valence-corrected chi connectivity index (χ2v) is 12.9. The molecule has 2 aromatic carbocycles. The van der Waals surface area contributed by atoms with Crippen LogP contribution < -0.4 is 30.6 Å². The van der Waals surface area contributed by atoms with E-state index in [1.807, 2.05) is 11.0 Å². The lowest BCUT2D eigenvalue weighted by atomic mass is 10.0. The van der Waals surface area contributed by atoms with E-state index in [1.54, 1.807) is 31.3 Å². The SMILES string of the molecule is CC(=O)COc1cc2cc(Nc3nc(N4CCOC(COc5ccc6c(c5)C(=O)N(C5CCC(=O)NC5=O)C6=O)C4)ncc3Cl)ccc2n(C)c1=O. The maximum Gasteiger partial charge on any atom is 0.293 e. The Morgan fingerprint density at radius 3 is 2.65 bits per heavy atom. The normalized spacial score (nSPS) is 18.8. The van der Waals surface area contributed by atoms with Gasteiger partial charge in [0.2, 0.25) is 17.8 Å². The van der Waals surface area contributed by atoms with Gasteiger partial charge in [0.15, 0.2) is 17.4 Å². The number of imide groups is 2. The predicted octanol–water partition coefficient (Wildman–Crippen LogP) is 2.38. The van der Waals surface area contributed by atoms with Crippen molar-refractivity contribution in [3.63, 3.8) is 0 Å². The summed E-state index contributed by atoms with van der Waals surface area (Å²) >= 11 is 6.49. The van der Waals surface area contributed by atoms with Crippen molar-refractivity contribution in [2.75, 3.05) is 43.1 Å². The molecular weight excluding hydrogens is 698 g/mol. The van der Waals surface area contributed by atoms with Gasteiger partial charge in [0.25, 0.3) is 17.4 Å². The van der Waals surface area contributed by atoms with Crippen LogP contribution in [-0.4, -0.2) is 93.9 Å². The van der Waals surface area contributed by atoms with Gasteiger partial charge in [0, 0.05) is 31.1 Å². The molecule has 0 saturated carbocycles. The Morgan fingerprint density at radius 1 is 1.06 bits per heavy atom. The lowest BCUT2D eigenvalue weighted by Gasteiger charge is -2.33. The van der Waals surface area contributed by atoms with Gasteiger partial charge in [-0.25, -0.2) is 4.98 Å². The topological polar surface area (TPSA) is 191 Å². The van der Waals surface area contributed by atoms with Crippen LogP contribution in [0.1, 0.15) is 40.5 Å². The molecule has 17 heteroatoms. The van der Waals surface area contributed by atoms with Crippen LogP contribution in [0.15, 0.2) is 53.5 Å². The summed E-state index contributed by atoms with van der Waals surface area (Å²) in [6, 6.07) is 10.4. The zero-order valence-electron chi connectivity index (χ0n) is 28.0. The first-order chi connectivity index (χ1) is 25.0. The molecule has 2 unspecified atom stereocenters. The van der Waals surface area contributed by atoms with E-state index in [4.69, 9.17) is 25.8 Å². The largest absolute Gasteiger partial charge is 0.491 e. The van der Waals surface area contributed by atoms with Gasteiger partial charge in [-0.3, -0.25) is 39.0 Å². The molecule has 2 fully saturated rings. The molecule has 0 bridgehead atoms. The number of morpholine rings is 1. The molecule has 0 aliphatic carbocycles. The molecule has 268 valence electrons. The number of fused-ring (bicyclic) bond motifs is 2. The van der Waals surface area contributed by atoms with E-state index in [1.165, 1.54) is 29.8 Å². The van der Waals surface area contributed by atoms with Crippen LogP contribution in [-0.2, 0) is 26.2 Å². The number of ketones is 1. The minimum absolute atomic E-state index is 0.0334. The molecule has 2 aromatic heterocycles. The Bertz CT molecular complexity index is 2220. The van der Waals surface area contributed by atoms with Crippen molar-refractivity contribution < 1.29 is 38.2 Å². The minimum Gasteiger partial charge on any atom is -0.491 e. The first kappa shape index (κ1) is 34.6. The highest BCUT2D eigenvalue weighted by Crippen LogP contribution is 2.31. The van der Waals surface area contributed by atoms with Crippen LogP contribution in [0.4, 0.5) is 17.5 Å². The zero-order valence-corrected chi connectivity index (χ0v) is 28.8. The standard InChI is InChI=1S/C35H32ClN7O9/c1-18(44)16-52-28-12-19-11-20(3-6-26(19)41(2)34(28)49)38-30-25(36)14-37-35(40-30)42-9-10-50-22(15-42)17-51-21-4-5-23-24(13-21)33(48)43(32(23)47)27-7-8-29(45)39-31(27)46/h3-6,11-14,22,27H,7-10,15-17H2,1-2H3,(H,37,38,40)(H,39,45,46). The minimum atomic E-state index is -1.06. The molecule has 4 amide bonds. The van der Waals surface area contributed by atoms with Crippen molar-refractivity contribution in [1.29, 1.82) is 0 Å². The second kappa shape index (κ2) is 14.0. The van der Waals surface area contributed by atoms with E-state index in [2.05, 4.69) is 20.6 Å². The molecular formula is C35H32ClN7O9. The van der Waals surface area contributed by atoms with Crippen molar-refractivity contribution in [2.45, 2.75) is 31.9 Å². The van der Waals surface area contributed by atoms with Gasteiger partial charge in [-0.05, 0) is 55.8 Å². The molecule has 3 aliphatic heterocycles. The van der Waals surface area contributed by atoms with Crippen molar-refractivity contribution in [3.8, 4) is 11.5 Å². The number of hydrogen-bond acceptors (Lipinski definition) is 13. The number of Topliss-reactive ketones (excluding diaryl/α,β-unsaturated/α-hetero) is 1. The van der Waals surface area contributed by atoms with E-state index in [-0.39, 0.29) is 59.3 Å². The molecule has 0 radical (unpaired) electrons. The molecule has 4 aromatic rings. The number of anilines is 3. The zero-order chi connectivity index (χ0) is 36.7. The van der Waals surface area contributed by atoms with Gasteiger partial charge in [0.05, 0.1) is 36.0 Å². The Morgan fingerprint density at radius 2 is 1.87 bits per heavy atom. The fourth-order valence-corrected chi connectivity index (χ4v) is 6.42. The fourth-order valence-electron chi connectivity index (χ4n) is 6.28. The Balaban J connectivity index is 1.01. The molecule has 2 N–H and O–H groups in total. The number of aryl methyl sites for hydroxylation is 1. The summed E-state index contributed by atoms with van der Waals surface area (Å²) in [6.45, 7) is 2.51. The summed E-state index contributed by atoms with van der Waals surface area (Å²) in [5, 5.41) is 6.38. The van der Waals surface area contributed by atoms with Gasteiger partial charge in [-0.15, -0.1) is 0 Å². The molecule has 52 heavy (non-hydrogen) atoms. The summed E-state index contributed by atoms with van der Waals surface area (Å²) < 4.78 is 18.8. The van der Waals surface area contributed by atoms with E-state index in [0.29, 0.717) is 53.8 Å². The number of carbonyl (C=O) groups is 5. The lowest BCUT2D eigenvalue weighted by molar-refractivity contribution is -0.136. The number of rotatable bonds is 10. The molecule has 16 nitrogen and oxygen atoms in total. The van der Waals surface area contributed by atoms with Crippen LogP contribution >= 0.6 is 11.6 Å². The third-order valence-electron chi connectivity index (χ3n) is 8.88. The number of hydrogen-bond donors (Lipinski definition) is 2. The van der Waals surface area contributed by atoms with E-state index in [9.17, 15) is 28.8 Å². The Labute approximate surface area is 300 Å². The summed E-state index contributed by atoms with van der Waals surface area (Å²) in [5.74, 6) is -1.39. The summed E-state index contributed by atoms with van der Waals surface area (Å²) in [7, 11) is 1.63. The third kappa shape index (κ3) is 6.77. The number of nitrogens with zero attached hydrogens (tertiary/aromatic N) is 5. The van der Waals surface area contributed by atoms with Crippen LogP contribution in [0.3, 0.4) is 0 Å². The number of halogens is 1. The highest BCUT2D eigenvalue weighted by molar-refractivity contribution is 6.33. The van der Waals surface area contributed by atoms with Gasteiger partial charge < -0.3 is 29.0 Å². The van der Waals surface area contributed by atoms with E-state index >= 15 is 0 Å². The summed E-state index contributed by atoms with van der Waals surface area (Å²) in [6.07, 6.45) is 1.19. The summed E-state index contributed by atoms with van der Waals surface area (Å²) in [5.41, 5.74) is 1.22. The number of benzene rings is 2. The van der Waals surface area contributed by atoms with Crippen LogP contribution in [0.25, 0.3) is 10.9 Å². The van der Waals surface area contributed by atoms with Crippen molar-refractivity contribution in [2.24, 2.45) is 7.05 Å². The predicted molar refractivity (Wildman–Crippen MR) is 186 cm³/mol. The molecule has 3 aliphatic rings. The smallest absolute Gasteiger partial charge is 0.293 e. The first-order valence-electron chi connectivity index (χ1n) is 16.4. The molecule has 2 saturated heterocycles. The number of ether oxygens (including phenoxy) is 3. The van der Waals surface area contributed by atoms with Crippen LogP contribution in [0.5, 0.6) is 11.5 Å². The molecule has 5 heterocycles. The Kier molecular flexibility index (Phi) is 9.33. The Hall–Kier alpha value is -5.87. The van der Waals surface area contributed by atoms with Crippen LogP contribution in [0, 0.1) is 0 Å². The molecule has 2 atom stereocenters. The number of amides is 4. The monoisotopic (exact) mass is 729 g/mol. The number of aromatic nitrogens is 3. The van der Waals surface area contributed by atoms with Crippen molar-refractivity contribution in [3.05, 3.63) is 75.2 Å². The maximum absolute atomic E-state index is 13.2. The van der Waals surface area contributed by atoms with Crippen LogP contribution in [0.2, 0.25) is 5.02 Å². The average Bonchev–Trinajstić information content (AvgIpc) is 3.37. The highest BCUT2D eigenvalue weighted by atomic mass is 35.5. The van der Waals surface area contributed by atoms with Gasteiger partial charge >= 0.3 is 0 Å². The first-order valence-corrected chi connectivity index (χ1v) is 16.7. The van der Waals surface area contributed by atoms with E-state index in [0.717, 1.165) is 4.90 Å². The molecule has 0 spiro atoms. The number of carbonyl (C=O) groups excluding carboxylic acids is 5. The van der Waals surface area contributed by atoms with E-state index < -0.39 is 35.8 Å². The number of pyridine rings is 1. The van der Waals surface area contributed by atoms with Gasteiger partial charge in [0.1, 0.15) is 36.1 Å². The quantitative estimate of drug-likeness (QED) is 0.227. The van der Waals surface area contributed by atoms with Gasteiger partial charge in [-0.2, -0.15) is 4.98 Å². The van der Waals surface area contributed by atoms with Crippen molar-refractivity contribution >= 4 is 69.4 Å². The maximum atomic E-state index is 13.2. The van der Waals surface area contributed by atoms with Gasteiger partial charge in [-0.1, -0.05) is 11.6 Å². The summed E-state index contributed by atoms with van der Waals surface area (Å²) in [4.78, 5) is 86.2. The average molecular weight is 730 g/mol. The second-order valence-electron chi connectivity index (χ2n) is 12.5. The highest BCUT2D eigenvalue weighted by Gasteiger charge is 2.44. The van der Waals surface area contributed by atoms with Crippen molar-refractivity contribution in [1.82, 2.24) is 24.8 Å². The third-order valence-corrected chi connectivity index (χ3v) is 9.16. The molecule has 7 rings (SSSR count). The number of piperidine rings is 1. The fraction of sp³-hybridized carbons (Fsp3) is 0.314. The lowest BCUT2D eigenvalue weighted by Crippen LogP contribution is -2.54. The number of nitrogens with one attached hydrogen (secondary N) is 2.